The van der Waals surface area contributed by atoms with Gasteiger partial charge in [-0.05, 0) is 40.3 Å². The molecule has 34 heavy (non-hydrogen) atoms. The molecule has 0 saturated heterocycles. The van der Waals surface area contributed by atoms with E-state index >= 15 is 0 Å². The third kappa shape index (κ3) is 7.04. The fourth-order valence-electron chi connectivity index (χ4n) is 3.78. The lowest BCUT2D eigenvalue weighted by Crippen LogP contribution is -2.42. The zero-order chi connectivity index (χ0) is 23.8. The molecule has 0 unspecified atom stereocenters. The van der Waals surface area contributed by atoms with Gasteiger partial charge < -0.3 is 18.9 Å². The first kappa shape index (κ1) is 24.2. The number of hydrogen-bond donors (Lipinski definition) is 0. The molecule has 0 radical (unpaired) electrons. The van der Waals surface area contributed by atoms with Crippen molar-refractivity contribution >= 4 is 0 Å². The molecule has 1 aliphatic heterocycles. The van der Waals surface area contributed by atoms with Crippen LogP contribution < -0.4 is 4.74 Å². The molecule has 4 heteroatoms. The first-order chi connectivity index (χ1) is 16.5. The molecule has 3 aromatic carbocycles. The molecule has 1 aliphatic rings. The Morgan fingerprint density at radius 1 is 0.735 bits per heavy atom. The van der Waals surface area contributed by atoms with Gasteiger partial charge in [-0.3, -0.25) is 0 Å². The molecular formula is C30H34O4. The van der Waals surface area contributed by atoms with E-state index in [0.29, 0.717) is 19.8 Å². The lowest BCUT2D eigenvalue weighted by Gasteiger charge is -2.32. The van der Waals surface area contributed by atoms with Gasteiger partial charge in [-0.2, -0.15) is 0 Å². The van der Waals surface area contributed by atoms with Gasteiger partial charge in [-0.15, -0.1) is 0 Å². The van der Waals surface area contributed by atoms with Crippen molar-refractivity contribution in [2.45, 2.75) is 57.9 Å². The van der Waals surface area contributed by atoms with Crippen molar-refractivity contribution in [3.05, 3.63) is 114 Å². The highest BCUT2D eigenvalue weighted by atomic mass is 16.7. The molecule has 0 amide bonds. The Bertz CT molecular complexity index is 1020. The smallest absolute Gasteiger partial charge is 0.220 e. The third-order valence-electron chi connectivity index (χ3n) is 5.78. The Labute approximate surface area is 203 Å². The van der Waals surface area contributed by atoms with Gasteiger partial charge in [0, 0.05) is 0 Å². The van der Waals surface area contributed by atoms with Gasteiger partial charge in [0.05, 0.1) is 19.8 Å². The standard InChI is InChI=1S/C30H34O4/c1-30(2,3)25-14-16-26(17-15-25)33-29-19-18-27(32-21-24-12-8-5-9-13-24)28(34-29)22-31-20-23-10-6-4-7-11-23/h4-19,27-29H,20-22H2,1-3H3/t27-,28+,29-/m0/s1. The largest absolute Gasteiger partial charge is 0.461 e. The summed E-state index contributed by atoms with van der Waals surface area (Å²) in [6.07, 6.45) is 2.94. The van der Waals surface area contributed by atoms with E-state index in [0.717, 1.165) is 16.9 Å². The van der Waals surface area contributed by atoms with Crippen molar-refractivity contribution in [2.75, 3.05) is 6.61 Å². The van der Waals surface area contributed by atoms with E-state index < -0.39 is 6.29 Å². The summed E-state index contributed by atoms with van der Waals surface area (Å²) in [7, 11) is 0. The third-order valence-corrected chi connectivity index (χ3v) is 5.78. The fraction of sp³-hybridized carbons (Fsp3) is 0.333. The van der Waals surface area contributed by atoms with Crippen molar-refractivity contribution in [1.82, 2.24) is 0 Å². The molecule has 178 valence electrons. The number of ether oxygens (including phenoxy) is 4. The van der Waals surface area contributed by atoms with Crippen molar-refractivity contribution in [2.24, 2.45) is 0 Å². The van der Waals surface area contributed by atoms with E-state index in [-0.39, 0.29) is 17.6 Å². The first-order valence-corrected chi connectivity index (χ1v) is 11.9. The molecule has 1 heterocycles. The van der Waals surface area contributed by atoms with Crippen LogP contribution in [-0.4, -0.2) is 25.1 Å². The van der Waals surface area contributed by atoms with Gasteiger partial charge in [-0.1, -0.05) is 99.6 Å². The van der Waals surface area contributed by atoms with Crippen LogP contribution in [0.4, 0.5) is 0 Å². The van der Waals surface area contributed by atoms with Crippen LogP contribution in [0, 0.1) is 0 Å². The molecule has 0 N–H and O–H groups in total. The summed E-state index contributed by atoms with van der Waals surface area (Å²) < 4.78 is 24.6. The Balaban J connectivity index is 1.39. The predicted octanol–water partition coefficient (Wildman–Crippen LogP) is 6.45. The molecule has 4 rings (SSSR count). The van der Waals surface area contributed by atoms with Crippen molar-refractivity contribution in [1.29, 1.82) is 0 Å². The van der Waals surface area contributed by atoms with Crippen LogP contribution >= 0.6 is 0 Å². The van der Waals surface area contributed by atoms with E-state index in [1.807, 2.05) is 60.7 Å². The summed E-state index contributed by atoms with van der Waals surface area (Å²) in [5, 5.41) is 0. The molecule has 4 nitrogen and oxygen atoms in total. The van der Waals surface area contributed by atoms with E-state index in [4.69, 9.17) is 18.9 Å². The molecular weight excluding hydrogens is 424 g/mol. The van der Waals surface area contributed by atoms with E-state index in [1.54, 1.807) is 0 Å². The zero-order valence-electron chi connectivity index (χ0n) is 20.2. The van der Waals surface area contributed by atoms with Crippen LogP contribution in [0.5, 0.6) is 5.75 Å². The molecule has 3 aromatic rings. The van der Waals surface area contributed by atoms with E-state index in [1.165, 1.54) is 5.56 Å². The fourth-order valence-corrected chi connectivity index (χ4v) is 3.78. The maximum Gasteiger partial charge on any atom is 0.220 e. The zero-order valence-corrected chi connectivity index (χ0v) is 20.2. The second kappa shape index (κ2) is 11.5. The van der Waals surface area contributed by atoms with Crippen LogP contribution in [0.1, 0.15) is 37.5 Å². The van der Waals surface area contributed by atoms with E-state index in [2.05, 4.69) is 57.2 Å². The van der Waals surface area contributed by atoms with Crippen molar-refractivity contribution in [3.63, 3.8) is 0 Å². The van der Waals surface area contributed by atoms with Gasteiger partial charge in [0.1, 0.15) is 18.0 Å². The summed E-state index contributed by atoms with van der Waals surface area (Å²) in [6.45, 7) is 8.04. The summed E-state index contributed by atoms with van der Waals surface area (Å²) in [4.78, 5) is 0. The lowest BCUT2D eigenvalue weighted by molar-refractivity contribution is -0.165. The normalized spacial score (nSPS) is 20.3. The number of rotatable bonds is 9. The average molecular weight is 459 g/mol. The summed E-state index contributed by atoms with van der Waals surface area (Å²) in [6, 6.07) is 28.5. The van der Waals surface area contributed by atoms with Gasteiger partial charge in [-0.25, -0.2) is 0 Å². The van der Waals surface area contributed by atoms with E-state index in [9.17, 15) is 0 Å². The van der Waals surface area contributed by atoms with Crippen LogP contribution in [0.3, 0.4) is 0 Å². The second-order valence-corrected chi connectivity index (χ2v) is 9.58. The van der Waals surface area contributed by atoms with Crippen molar-refractivity contribution < 1.29 is 18.9 Å². The Hall–Kier alpha value is -2.92. The maximum atomic E-state index is 6.27. The van der Waals surface area contributed by atoms with Gasteiger partial charge in [0.25, 0.3) is 0 Å². The van der Waals surface area contributed by atoms with Crippen molar-refractivity contribution in [3.8, 4) is 5.75 Å². The molecule has 0 aromatic heterocycles. The molecule has 0 fully saturated rings. The summed E-state index contributed by atoms with van der Waals surface area (Å²) in [5.74, 6) is 0.773. The average Bonchev–Trinajstić information content (AvgIpc) is 2.85. The highest BCUT2D eigenvalue weighted by molar-refractivity contribution is 5.31. The number of hydrogen-bond acceptors (Lipinski definition) is 4. The highest BCUT2D eigenvalue weighted by Crippen LogP contribution is 2.26. The lowest BCUT2D eigenvalue weighted by atomic mass is 9.87. The quantitative estimate of drug-likeness (QED) is 0.346. The number of benzene rings is 3. The molecule has 0 saturated carbocycles. The van der Waals surface area contributed by atoms with Crippen LogP contribution in [-0.2, 0) is 32.8 Å². The molecule has 0 aliphatic carbocycles. The Morgan fingerprint density at radius 2 is 1.35 bits per heavy atom. The van der Waals surface area contributed by atoms with Crippen LogP contribution in [0.25, 0.3) is 0 Å². The summed E-state index contributed by atoms with van der Waals surface area (Å²) >= 11 is 0. The molecule has 0 spiro atoms. The van der Waals surface area contributed by atoms with Gasteiger partial charge in [0.2, 0.25) is 6.29 Å². The van der Waals surface area contributed by atoms with Crippen LogP contribution in [0.2, 0.25) is 0 Å². The monoisotopic (exact) mass is 458 g/mol. The topological polar surface area (TPSA) is 36.9 Å². The highest BCUT2D eigenvalue weighted by Gasteiger charge is 2.29. The molecule has 3 atom stereocenters. The SMILES string of the molecule is CC(C)(C)c1ccc(O[C@@H]2C=C[C@H](OCc3ccccc3)[C@@H](COCc3ccccc3)O2)cc1. The molecule has 0 bridgehead atoms. The minimum absolute atomic E-state index is 0.101. The Kier molecular flexibility index (Phi) is 8.17. The first-order valence-electron chi connectivity index (χ1n) is 11.9. The van der Waals surface area contributed by atoms with Crippen LogP contribution in [0.15, 0.2) is 97.1 Å². The second-order valence-electron chi connectivity index (χ2n) is 9.58. The maximum absolute atomic E-state index is 6.27. The van der Waals surface area contributed by atoms with Gasteiger partial charge >= 0.3 is 0 Å². The predicted molar refractivity (Wildman–Crippen MR) is 135 cm³/mol. The summed E-state index contributed by atoms with van der Waals surface area (Å²) in [5.41, 5.74) is 3.62. The Morgan fingerprint density at radius 3 is 1.97 bits per heavy atom. The minimum Gasteiger partial charge on any atom is -0.461 e. The minimum atomic E-state index is -0.498. The van der Waals surface area contributed by atoms with Gasteiger partial charge in [0.15, 0.2) is 0 Å².